The SMILES string of the molecule is Clc1cc(N2CCN(C3CC3)CC2)c(Cl)nn1. The molecule has 92 valence electrons. The van der Waals surface area contributed by atoms with E-state index in [0.717, 1.165) is 37.9 Å². The molecule has 1 aromatic rings. The van der Waals surface area contributed by atoms with Crippen LogP contribution in [0.2, 0.25) is 10.3 Å². The van der Waals surface area contributed by atoms with Gasteiger partial charge in [-0.1, -0.05) is 23.2 Å². The molecular formula is C11H14Cl2N4. The van der Waals surface area contributed by atoms with E-state index in [1.807, 2.05) is 0 Å². The topological polar surface area (TPSA) is 32.3 Å². The van der Waals surface area contributed by atoms with Crippen molar-refractivity contribution in [3.63, 3.8) is 0 Å². The Labute approximate surface area is 111 Å². The van der Waals surface area contributed by atoms with E-state index < -0.39 is 0 Å². The summed E-state index contributed by atoms with van der Waals surface area (Å²) in [6, 6.07) is 2.63. The van der Waals surface area contributed by atoms with Gasteiger partial charge in [0, 0.05) is 38.3 Å². The highest BCUT2D eigenvalue weighted by atomic mass is 35.5. The number of hydrogen-bond donors (Lipinski definition) is 0. The zero-order valence-electron chi connectivity index (χ0n) is 9.44. The molecule has 2 heterocycles. The fourth-order valence-electron chi connectivity index (χ4n) is 2.33. The monoisotopic (exact) mass is 272 g/mol. The van der Waals surface area contributed by atoms with Crippen molar-refractivity contribution in [2.24, 2.45) is 0 Å². The van der Waals surface area contributed by atoms with Crippen LogP contribution in [0.15, 0.2) is 6.07 Å². The zero-order valence-corrected chi connectivity index (χ0v) is 11.0. The summed E-state index contributed by atoms with van der Waals surface area (Å²) < 4.78 is 0. The molecule has 6 heteroatoms. The molecule has 4 nitrogen and oxygen atoms in total. The standard InChI is InChI=1S/C11H14Cl2N4/c12-10-7-9(11(13)15-14-10)17-5-3-16(4-6-17)8-1-2-8/h7-8H,1-6H2. The Kier molecular flexibility index (Phi) is 3.11. The predicted molar refractivity (Wildman–Crippen MR) is 68.9 cm³/mol. The first kappa shape index (κ1) is 11.5. The summed E-state index contributed by atoms with van der Waals surface area (Å²) in [5, 5.41) is 8.42. The number of piperazine rings is 1. The van der Waals surface area contributed by atoms with Crippen LogP contribution in [-0.4, -0.2) is 47.3 Å². The smallest absolute Gasteiger partial charge is 0.175 e. The molecule has 2 fully saturated rings. The molecule has 1 aromatic heterocycles. The second-order valence-corrected chi connectivity index (χ2v) is 5.34. The minimum absolute atomic E-state index is 0.397. The van der Waals surface area contributed by atoms with Gasteiger partial charge in [-0.25, -0.2) is 0 Å². The molecule has 1 saturated carbocycles. The lowest BCUT2D eigenvalue weighted by molar-refractivity contribution is 0.248. The van der Waals surface area contributed by atoms with Gasteiger partial charge >= 0.3 is 0 Å². The molecule has 0 unspecified atom stereocenters. The largest absolute Gasteiger partial charge is 0.366 e. The van der Waals surface area contributed by atoms with Crippen molar-refractivity contribution in [3.05, 3.63) is 16.4 Å². The van der Waals surface area contributed by atoms with Gasteiger partial charge in [0.25, 0.3) is 0 Å². The Bertz CT molecular complexity index is 414. The summed E-state index contributed by atoms with van der Waals surface area (Å²) in [6.45, 7) is 4.17. The molecule has 3 rings (SSSR count). The Morgan fingerprint density at radius 3 is 2.41 bits per heavy atom. The number of rotatable bonds is 2. The highest BCUT2D eigenvalue weighted by Crippen LogP contribution is 2.30. The summed E-state index contributed by atoms with van der Waals surface area (Å²) in [5.74, 6) is 0. The average molecular weight is 273 g/mol. The van der Waals surface area contributed by atoms with Crippen LogP contribution in [-0.2, 0) is 0 Å². The summed E-state index contributed by atoms with van der Waals surface area (Å²) in [7, 11) is 0. The second-order valence-electron chi connectivity index (χ2n) is 4.60. The summed E-state index contributed by atoms with van der Waals surface area (Å²) >= 11 is 11.9. The third kappa shape index (κ3) is 2.49. The zero-order chi connectivity index (χ0) is 11.8. The quantitative estimate of drug-likeness (QED) is 0.825. The third-order valence-electron chi connectivity index (χ3n) is 3.42. The van der Waals surface area contributed by atoms with Gasteiger partial charge in [0.1, 0.15) is 0 Å². The van der Waals surface area contributed by atoms with Crippen LogP contribution in [0.5, 0.6) is 0 Å². The number of nitrogens with zero attached hydrogens (tertiary/aromatic N) is 4. The molecule has 2 aliphatic rings. The van der Waals surface area contributed by atoms with Gasteiger partial charge in [0.2, 0.25) is 0 Å². The van der Waals surface area contributed by atoms with Gasteiger partial charge in [-0.15, -0.1) is 10.2 Å². The van der Waals surface area contributed by atoms with Gasteiger partial charge < -0.3 is 4.90 Å². The minimum atomic E-state index is 0.397. The maximum atomic E-state index is 6.05. The Morgan fingerprint density at radius 2 is 1.76 bits per heavy atom. The maximum Gasteiger partial charge on any atom is 0.175 e. The average Bonchev–Trinajstić information content (AvgIpc) is 3.17. The van der Waals surface area contributed by atoms with E-state index >= 15 is 0 Å². The highest BCUT2D eigenvalue weighted by molar-refractivity contribution is 6.33. The highest BCUT2D eigenvalue weighted by Gasteiger charge is 2.31. The van der Waals surface area contributed by atoms with Gasteiger partial charge in [0.05, 0.1) is 5.69 Å². The van der Waals surface area contributed by atoms with Crippen molar-refractivity contribution in [3.8, 4) is 0 Å². The molecule has 1 saturated heterocycles. The van der Waals surface area contributed by atoms with E-state index in [1.165, 1.54) is 12.8 Å². The molecule has 0 atom stereocenters. The van der Waals surface area contributed by atoms with E-state index in [9.17, 15) is 0 Å². The molecule has 0 amide bonds. The van der Waals surface area contributed by atoms with Crippen molar-refractivity contribution in [1.29, 1.82) is 0 Å². The molecule has 0 spiro atoms. The summed E-state index contributed by atoms with van der Waals surface area (Å²) in [5.41, 5.74) is 0.905. The molecule has 0 aromatic carbocycles. The first-order valence-corrected chi connectivity index (χ1v) is 6.67. The maximum absolute atomic E-state index is 6.05. The molecule has 1 aliphatic heterocycles. The van der Waals surface area contributed by atoms with Crippen LogP contribution < -0.4 is 4.90 Å². The molecule has 0 radical (unpaired) electrons. The van der Waals surface area contributed by atoms with Crippen LogP contribution in [0, 0.1) is 0 Å². The van der Waals surface area contributed by atoms with E-state index in [0.29, 0.717) is 10.3 Å². The minimum Gasteiger partial charge on any atom is -0.366 e. The van der Waals surface area contributed by atoms with Gasteiger partial charge in [0.15, 0.2) is 10.3 Å². The fourth-order valence-corrected chi connectivity index (χ4v) is 2.69. The second kappa shape index (κ2) is 4.59. The lowest BCUT2D eigenvalue weighted by atomic mass is 10.3. The number of anilines is 1. The van der Waals surface area contributed by atoms with Crippen LogP contribution in [0.25, 0.3) is 0 Å². The molecule has 1 aliphatic carbocycles. The van der Waals surface area contributed by atoms with Crippen molar-refractivity contribution in [1.82, 2.24) is 15.1 Å². The van der Waals surface area contributed by atoms with Gasteiger partial charge in [-0.3, -0.25) is 4.90 Å². The fraction of sp³-hybridized carbons (Fsp3) is 0.636. The summed E-state index contributed by atoms with van der Waals surface area (Å²) in [4.78, 5) is 4.79. The van der Waals surface area contributed by atoms with Gasteiger partial charge in [-0.2, -0.15) is 0 Å². The van der Waals surface area contributed by atoms with Crippen LogP contribution in [0.3, 0.4) is 0 Å². The first-order valence-electron chi connectivity index (χ1n) is 5.92. The van der Waals surface area contributed by atoms with Crippen molar-refractivity contribution >= 4 is 28.9 Å². The van der Waals surface area contributed by atoms with E-state index in [2.05, 4.69) is 20.0 Å². The van der Waals surface area contributed by atoms with Crippen molar-refractivity contribution in [2.45, 2.75) is 18.9 Å². The number of hydrogen-bond acceptors (Lipinski definition) is 4. The summed E-state index contributed by atoms with van der Waals surface area (Å²) in [6.07, 6.45) is 2.73. The molecule has 0 N–H and O–H groups in total. The molecular weight excluding hydrogens is 259 g/mol. The molecule has 17 heavy (non-hydrogen) atoms. The van der Waals surface area contributed by atoms with Crippen LogP contribution >= 0.6 is 23.2 Å². The lowest BCUT2D eigenvalue weighted by Gasteiger charge is -2.36. The lowest BCUT2D eigenvalue weighted by Crippen LogP contribution is -2.47. The third-order valence-corrected chi connectivity index (χ3v) is 3.87. The van der Waals surface area contributed by atoms with E-state index in [1.54, 1.807) is 6.07 Å². The predicted octanol–water partition coefficient (Wildman–Crippen LogP) is 2.07. The first-order chi connectivity index (χ1) is 8.24. The van der Waals surface area contributed by atoms with Gasteiger partial charge in [-0.05, 0) is 12.8 Å². The van der Waals surface area contributed by atoms with E-state index in [4.69, 9.17) is 23.2 Å². The Balaban J connectivity index is 1.70. The molecule has 0 bridgehead atoms. The Hall–Kier alpha value is -0.580. The normalized spacial score (nSPS) is 21.9. The Morgan fingerprint density at radius 1 is 1.06 bits per heavy atom. The number of aromatic nitrogens is 2. The van der Waals surface area contributed by atoms with E-state index in [-0.39, 0.29) is 0 Å². The van der Waals surface area contributed by atoms with Crippen molar-refractivity contribution in [2.75, 3.05) is 31.1 Å². The van der Waals surface area contributed by atoms with Crippen molar-refractivity contribution < 1.29 is 0 Å². The number of halogens is 2. The van der Waals surface area contributed by atoms with Crippen LogP contribution in [0.4, 0.5) is 5.69 Å². The van der Waals surface area contributed by atoms with Crippen LogP contribution in [0.1, 0.15) is 12.8 Å².